The molecule has 6 heteroatoms. The summed E-state index contributed by atoms with van der Waals surface area (Å²) in [5.74, 6) is 0.630. The van der Waals surface area contributed by atoms with Gasteiger partial charge in [0.05, 0.1) is 0 Å². The normalized spacial score (nSPS) is 13.2. The standard InChI is InChI=1S/C8H11Cl.C8H6N2O.C4H10N2/c1-4-7(2)5-6-8(3)9;1-2-4-7(5-3-1)8-9-6-11-10-8;1-2-6-4-3-5-1/h5-6H,2-4H2,1H3;1-6H;5-6H,1-4H2/b6-5-;;. The van der Waals surface area contributed by atoms with E-state index in [9.17, 15) is 0 Å². The molecule has 1 fully saturated rings. The summed E-state index contributed by atoms with van der Waals surface area (Å²) in [6.07, 6.45) is 5.89. The van der Waals surface area contributed by atoms with Crippen LogP contribution in [-0.4, -0.2) is 36.3 Å². The lowest BCUT2D eigenvalue weighted by Gasteiger charge is -2.11. The van der Waals surface area contributed by atoms with E-state index in [-0.39, 0.29) is 0 Å². The molecule has 2 heterocycles. The van der Waals surface area contributed by atoms with Crippen molar-refractivity contribution in [1.29, 1.82) is 0 Å². The number of nitrogens with zero attached hydrogens (tertiary/aromatic N) is 2. The van der Waals surface area contributed by atoms with Gasteiger partial charge < -0.3 is 15.2 Å². The van der Waals surface area contributed by atoms with Gasteiger partial charge >= 0.3 is 0 Å². The molecule has 0 bridgehead atoms. The van der Waals surface area contributed by atoms with Crippen LogP contribution in [-0.2, 0) is 0 Å². The second-order valence-corrected chi connectivity index (χ2v) is 5.90. The first kappa shape index (κ1) is 21.8. The molecule has 0 saturated carbocycles. The van der Waals surface area contributed by atoms with Gasteiger partial charge in [-0.15, -0.1) is 0 Å². The summed E-state index contributed by atoms with van der Waals surface area (Å²) in [6, 6.07) is 9.69. The third-order valence-corrected chi connectivity index (χ3v) is 3.43. The van der Waals surface area contributed by atoms with E-state index in [4.69, 9.17) is 11.6 Å². The maximum Gasteiger partial charge on any atom is 0.214 e. The first-order chi connectivity index (χ1) is 12.6. The van der Waals surface area contributed by atoms with Crippen LogP contribution in [0.3, 0.4) is 0 Å². The monoisotopic (exact) mass is 374 g/mol. The van der Waals surface area contributed by atoms with Crippen LogP contribution in [0.5, 0.6) is 0 Å². The predicted molar refractivity (Wildman–Crippen MR) is 109 cm³/mol. The molecule has 1 aromatic carbocycles. The molecule has 0 radical (unpaired) electrons. The number of rotatable bonds is 4. The van der Waals surface area contributed by atoms with Crippen LogP contribution in [0.2, 0.25) is 0 Å². The Labute approximate surface area is 160 Å². The molecule has 0 atom stereocenters. The van der Waals surface area contributed by atoms with Gasteiger partial charge in [0.2, 0.25) is 12.2 Å². The number of aromatic nitrogens is 2. The van der Waals surface area contributed by atoms with Crippen molar-refractivity contribution in [2.24, 2.45) is 0 Å². The van der Waals surface area contributed by atoms with E-state index in [0.717, 1.165) is 43.7 Å². The molecular formula is C20H27ClN4O. The molecule has 0 aliphatic carbocycles. The number of allylic oxidation sites excluding steroid dienone is 4. The first-order valence-corrected chi connectivity index (χ1v) is 8.94. The summed E-state index contributed by atoms with van der Waals surface area (Å²) >= 11 is 5.46. The van der Waals surface area contributed by atoms with Crippen LogP contribution >= 0.6 is 11.6 Å². The fourth-order valence-corrected chi connectivity index (χ4v) is 1.88. The number of piperazine rings is 1. The molecule has 1 aromatic heterocycles. The van der Waals surface area contributed by atoms with Crippen molar-refractivity contribution in [3.63, 3.8) is 0 Å². The van der Waals surface area contributed by atoms with Gasteiger partial charge in [0, 0.05) is 36.8 Å². The summed E-state index contributed by atoms with van der Waals surface area (Å²) < 4.78 is 4.61. The molecule has 1 aliphatic heterocycles. The molecular weight excluding hydrogens is 348 g/mol. The highest BCUT2D eigenvalue weighted by atomic mass is 35.5. The van der Waals surface area contributed by atoms with Crippen LogP contribution in [0.25, 0.3) is 11.4 Å². The van der Waals surface area contributed by atoms with Crippen molar-refractivity contribution < 1.29 is 4.52 Å². The highest BCUT2D eigenvalue weighted by molar-refractivity contribution is 6.30. The highest BCUT2D eigenvalue weighted by Crippen LogP contribution is 2.11. The van der Waals surface area contributed by atoms with Crippen LogP contribution in [0, 0.1) is 0 Å². The van der Waals surface area contributed by atoms with Crippen molar-refractivity contribution in [3.05, 3.63) is 72.6 Å². The minimum atomic E-state index is 0.546. The lowest BCUT2D eigenvalue weighted by molar-refractivity contribution is 0.419. The Morgan fingerprint density at radius 2 is 1.73 bits per heavy atom. The van der Waals surface area contributed by atoms with Crippen molar-refractivity contribution in [1.82, 2.24) is 20.8 Å². The second-order valence-electron chi connectivity index (χ2n) is 5.41. The number of nitrogens with one attached hydrogen (secondary N) is 2. The lowest BCUT2D eigenvalue weighted by Crippen LogP contribution is -2.39. The van der Waals surface area contributed by atoms with Crippen molar-refractivity contribution in [2.45, 2.75) is 13.3 Å². The lowest BCUT2D eigenvalue weighted by atomic mass is 10.2. The molecule has 140 valence electrons. The zero-order chi connectivity index (χ0) is 19.0. The Bertz CT molecular complexity index is 638. The average molecular weight is 375 g/mol. The smallest absolute Gasteiger partial charge is 0.214 e. The van der Waals surface area contributed by atoms with Crippen LogP contribution < -0.4 is 10.6 Å². The largest absolute Gasteiger partial charge is 0.342 e. The Kier molecular flexibility index (Phi) is 11.8. The topological polar surface area (TPSA) is 63.0 Å². The zero-order valence-corrected chi connectivity index (χ0v) is 16.0. The van der Waals surface area contributed by atoms with Crippen molar-refractivity contribution >= 4 is 11.6 Å². The predicted octanol–water partition coefficient (Wildman–Crippen LogP) is 4.18. The second kappa shape index (κ2) is 14.0. The molecule has 1 aliphatic rings. The Morgan fingerprint density at radius 3 is 2.15 bits per heavy atom. The molecule has 1 saturated heterocycles. The Morgan fingerprint density at radius 1 is 1.12 bits per heavy atom. The maximum absolute atomic E-state index is 5.46. The van der Waals surface area contributed by atoms with Crippen molar-refractivity contribution in [2.75, 3.05) is 26.2 Å². The fraction of sp³-hybridized carbons (Fsp3) is 0.300. The molecule has 3 rings (SSSR count). The SMILES string of the molecule is C1CNCCN1.C=C(Cl)/C=C\C(=C)CC.c1ccc(-c2ncon2)cc1. The minimum absolute atomic E-state index is 0.546. The van der Waals surface area contributed by atoms with Gasteiger partial charge in [-0.1, -0.05) is 78.8 Å². The molecule has 2 aromatic rings. The first-order valence-electron chi connectivity index (χ1n) is 8.57. The molecule has 26 heavy (non-hydrogen) atoms. The van der Waals surface area contributed by atoms with Gasteiger partial charge in [-0.2, -0.15) is 4.98 Å². The van der Waals surface area contributed by atoms with E-state index in [1.807, 2.05) is 43.3 Å². The zero-order valence-electron chi connectivity index (χ0n) is 15.2. The summed E-state index contributed by atoms with van der Waals surface area (Å²) in [7, 11) is 0. The average Bonchev–Trinajstić information content (AvgIpc) is 3.24. The number of hydrogen-bond acceptors (Lipinski definition) is 5. The summed E-state index contributed by atoms with van der Waals surface area (Å²) in [6.45, 7) is 13.9. The summed E-state index contributed by atoms with van der Waals surface area (Å²) in [5.41, 5.74) is 2.04. The highest BCUT2D eigenvalue weighted by Gasteiger charge is 1.98. The quantitative estimate of drug-likeness (QED) is 0.786. The van der Waals surface area contributed by atoms with E-state index in [1.54, 1.807) is 6.08 Å². The van der Waals surface area contributed by atoms with Crippen LogP contribution in [0.15, 0.2) is 77.2 Å². The maximum atomic E-state index is 5.46. The van der Waals surface area contributed by atoms with Gasteiger partial charge in [0.25, 0.3) is 0 Å². The Balaban J connectivity index is 0.000000204. The third kappa shape index (κ3) is 10.6. The van der Waals surface area contributed by atoms with Gasteiger partial charge in [-0.25, -0.2) is 0 Å². The van der Waals surface area contributed by atoms with Gasteiger partial charge in [-0.05, 0) is 12.5 Å². The number of benzene rings is 1. The van der Waals surface area contributed by atoms with Gasteiger partial charge in [0.15, 0.2) is 0 Å². The van der Waals surface area contributed by atoms with Gasteiger partial charge in [-0.3, -0.25) is 0 Å². The van der Waals surface area contributed by atoms with E-state index in [1.165, 1.54) is 6.39 Å². The van der Waals surface area contributed by atoms with Gasteiger partial charge in [0.1, 0.15) is 0 Å². The van der Waals surface area contributed by atoms with E-state index >= 15 is 0 Å². The minimum Gasteiger partial charge on any atom is -0.342 e. The molecule has 0 amide bonds. The van der Waals surface area contributed by atoms with E-state index in [2.05, 4.69) is 38.5 Å². The molecule has 0 unspecified atom stereocenters. The number of halogens is 1. The van der Waals surface area contributed by atoms with Crippen molar-refractivity contribution in [3.8, 4) is 11.4 Å². The molecule has 2 N–H and O–H groups in total. The summed E-state index contributed by atoms with van der Waals surface area (Å²) in [5, 5.41) is 10.7. The number of hydrogen-bond donors (Lipinski definition) is 2. The Hall–Kier alpha value is -2.21. The third-order valence-electron chi connectivity index (χ3n) is 3.30. The fourth-order valence-electron chi connectivity index (χ4n) is 1.81. The molecule has 0 spiro atoms. The summed E-state index contributed by atoms with van der Waals surface area (Å²) in [4.78, 5) is 3.91. The molecule has 5 nitrogen and oxygen atoms in total. The van der Waals surface area contributed by atoms with Crippen LogP contribution in [0.4, 0.5) is 0 Å². The van der Waals surface area contributed by atoms with E-state index < -0.39 is 0 Å². The van der Waals surface area contributed by atoms with Crippen LogP contribution in [0.1, 0.15) is 13.3 Å². The van der Waals surface area contributed by atoms with E-state index in [0.29, 0.717) is 10.9 Å².